The molecule has 0 aliphatic carbocycles. The van der Waals surface area contributed by atoms with Gasteiger partial charge in [0.05, 0.1) is 0 Å². The van der Waals surface area contributed by atoms with Crippen molar-refractivity contribution in [3.8, 4) is 0 Å². The van der Waals surface area contributed by atoms with Crippen molar-refractivity contribution in [2.45, 2.75) is 52.0 Å². The van der Waals surface area contributed by atoms with Gasteiger partial charge in [-0.15, -0.1) is 0 Å². The summed E-state index contributed by atoms with van der Waals surface area (Å²) >= 11 is 0. The molecular formula is C12H23N. The molecule has 1 heteroatoms. The van der Waals surface area contributed by atoms with E-state index in [4.69, 9.17) is 5.73 Å². The van der Waals surface area contributed by atoms with Crippen LogP contribution in [0.25, 0.3) is 0 Å². The number of rotatable bonds is 7. The molecule has 0 bridgehead atoms. The van der Waals surface area contributed by atoms with E-state index in [0.29, 0.717) is 0 Å². The maximum absolute atomic E-state index is 5.97. The van der Waals surface area contributed by atoms with Crippen LogP contribution in [0.5, 0.6) is 0 Å². The van der Waals surface area contributed by atoms with Gasteiger partial charge in [0.2, 0.25) is 0 Å². The Morgan fingerprint density at radius 3 is 2.31 bits per heavy atom. The van der Waals surface area contributed by atoms with Gasteiger partial charge in [-0.1, -0.05) is 44.6 Å². The summed E-state index contributed by atoms with van der Waals surface area (Å²) < 4.78 is 0. The summed E-state index contributed by atoms with van der Waals surface area (Å²) in [6.07, 6.45) is 5.31. The van der Waals surface area contributed by atoms with Gasteiger partial charge < -0.3 is 5.73 Å². The molecule has 0 fully saturated rings. The van der Waals surface area contributed by atoms with Crippen molar-refractivity contribution in [1.82, 2.24) is 0 Å². The molecule has 2 N–H and O–H groups in total. The number of allylic oxidation sites excluding steroid dienone is 1. The monoisotopic (exact) mass is 181 g/mol. The highest BCUT2D eigenvalue weighted by Crippen LogP contribution is 2.14. The Morgan fingerprint density at radius 2 is 1.85 bits per heavy atom. The van der Waals surface area contributed by atoms with Crippen LogP contribution >= 0.6 is 0 Å². The Labute approximate surface area is 82.7 Å². The molecule has 1 unspecified atom stereocenters. The van der Waals surface area contributed by atoms with Gasteiger partial charge in [-0.25, -0.2) is 0 Å². The van der Waals surface area contributed by atoms with Crippen molar-refractivity contribution in [1.29, 1.82) is 0 Å². The van der Waals surface area contributed by atoms with E-state index < -0.39 is 0 Å². The van der Waals surface area contributed by atoms with Crippen molar-refractivity contribution >= 4 is 0 Å². The molecule has 0 amide bonds. The van der Waals surface area contributed by atoms with E-state index in [-0.39, 0.29) is 6.04 Å². The van der Waals surface area contributed by atoms with Crippen LogP contribution < -0.4 is 5.73 Å². The SMILES string of the molecule is C=C(CC)CCC(N)C(=C)CCC. The minimum atomic E-state index is 0.170. The fraction of sp³-hybridized carbons (Fsp3) is 0.667. The Bertz CT molecular complexity index is 170. The Balaban J connectivity index is 3.67. The number of hydrogen-bond donors (Lipinski definition) is 1. The molecule has 0 heterocycles. The Hall–Kier alpha value is -0.560. The van der Waals surface area contributed by atoms with E-state index in [2.05, 4.69) is 27.0 Å². The summed E-state index contributed by atoms with van der Waals surface area (Å²) in [4.78, 5) is 0. The number of hydrogen-bond acceptors (Lipinski definition) is 1. The third kappa shape index (κ3) is 5.64. The minimum Gasteiger partial charge on any atom is -0.324 e. The highest BCUT2D eigenvalue weighted by Gasteiger charge is 2.06. The van der Waals surface area contributed by atoms with E-state index in [9.17, 15) is 0 Å². The average molecular weight is 181 g/mol. The molecule has 0 aliphatic rings. The fourth-order valence-electron chi connectivity index (χ4n) is 1.25. The largest absolute Gasteiger partial charge is 0.324 e. The maximum atomic E-state index is 5.97. The normalized spacial score (nSPS) is 12.5. The minimum absolute atomic E-state index is 0.170. The zero-order valence-corrected chi connectivity index (χ0v) is 9.10. The molecule has 13 heavy (non-hydrogen) atoms. The van der Waals surface area contributed by atoms with Crippen LogP contribution in [0.4, 0.5) is 0 Å². The van der Waals surface area contributed by atoms with Gasteiger partial charge in [-0.3, -0.25) is 0 Å². The summed E-state index contributed by atoms with van der Waals surface area (Å²) in [7, 11) is 0. The lowest BCUT2D eigenvalue weighted by Gasteiger charge is -2.14. The first-order valence-electron chi connectivity index (χ1n) is 5.21. The summed E-state index contributed by atoms with van der Waals surface area (Å²) in [5.41, 5.74) is 8.44. The van der Waals surface area contributed by atoms with E-state index in [1.165, 1.54) is 11.1 Å². The van der Waals surface area contributed by atoms with Gasteiger partial charge in [0, 0.05) is 6.04 Å². The molecule has 0 aromatic carbocycles. The smallest absolute Gasteiger partial charge is 0.0253 e. The molecule has 0 aliphatic heterocycles. The Morgan fingerprint density at radius 1 is 1.23 bits per heavy atom. The zero-order chi connectivity index (χ0) is 10.3. The standard InChI is InChI=1S/C12H23N/c1-5-7-11(4)12(13)9-8-10(3)6-2/h12H,3-9,13H2,1-2H3. The van der Waals surface area contributed by atoms with Crippen LogP contribution in [-0.2, 0) is 0 Å². The summed E-state index contributed by atoms with van der Waals surface area (Å²) in [5.74, 6) is 0. The molecule has 0 rings (SSSR count). The number of nitrogens with two attached hydrogens (primary N) is 1. The lowest BCUT2D eigenvalue weighted by atomic mass is 9.98. The van der Waals surface area contributed by atoms with E-state index in [1.807, 2.05) is 0 Å². The van der Waals surface area contributed by atoms with Crippen molar-refractivity contribution in [3.63, 3.8) is 0 Å². The van der Waals surface area contributed by atoms with Gasteiger partial charge in [0.1, 0.15) is 0 Å². The van der Waals surface area contributed by atoms with Crippen molar-refractivity contribution < 1.29 is 0 Å². The molecule has 0 saturated heterocycles. The quantitative estimate of drug-likeness (QED) is 0.598. The average Bonchev–Trinajstić information content (AvgIpc) is 2.13. The topological polar surface area (TPSA) is 26.0 Å². The summed E-state index contributed by atoms with van der Waals surface area (Å²) in [5, 5.41) is 0. The molecule has 0 aromatic heterocycles. The molecular weight excluding hydrogens is 158 g/mol. The molecule has 0 saturated carbocycles. The van der Waals surface area contributed by atoms with E-state index in [0.717, 1.165) is 32.1 Å². The van der Waals surface area contributed by atoms with Crippen LogP contribution in [0.2, 0.25) is 0 Å². The van der Waals surface area contributed by atoms with Crippen molar-refractivity contribution in [3.05, 3.63) is 24.3 Å². The van der Waals surface area contributed by atoms with Gasteiger partial charge in [0.25, 0.3) is 0 Å². The highest BCUT2D eigenvalue weighted by molar-refractivity contribution is 5.05. The molecule has 1 atom stereocenters. The second kappa shape index (κ2) is 6.90. The summed E-state index contributed by atoms with van der Waals surface area (Å²) in [6, 6.07) is 0.170. The van der Waals surface area contributed by atoms with Gasteiger partial charge in [0.15, 0.2) is 0 Å². The van der Waals surface area contributed by atoms with Gasteiger partial charge in [-0.05, 0) is 25.7 Å². The molecule has 0 radical (unpaired) electrons. The molecule has 0 aromatic rings. The lowest BCUT2D eigenvalue weighted by Crippen LogP contribution is -2.22. The molecule has 76 valence electrons. The van der Waals surface area contributed by atoms with Crippen molar-refractivity contribution in [2.24, 2.45) is 5.73 Å². The van der Waals surface area contributed by atoms with Crippen LogP contribution in [0, 0.1) is 0 Å². The fourth-order valence-corrected chi connectivity index (χ4v) is 1.25. The van der Waals surface area contributed by atoms with E-state index >= 15 is 0 Å². The molecule has 1 nitrogen and oxygen atoms in total. The third-order valence-electron chi connectivity index (χ3n) is 2.40. The first kappa shape index (κ1) is 12.4. The third-order valence-corrected chi connectivity index (χ3v) is 2.40. The highest BCUT2D eigenvalue weighted by atomic mass is 14.6. The first-order valence-corrected chi connectivity index (χ1v) is 5.21. The van der Waals surface area contributed by atoms with Crippen LogP contribution in [0.1, 0.15) is 46.0 Å². The van der Waals surface area contributed by atoms with Crippen LogP contribution in [0.3, 0.4) is 0 Å². The maximum Gasteiger partial charge on any atom is 0.0253 e. The van der Waals surface area contributed by atoms with E-state index in [1.54, 1.807) is 0 Å². The molecule has 0 spiro atoms. The van der Waals surface area contributed by atoms with Crippen molar-refractivity contribution in [2.75, 3.05) is 0 Å². The summed E-state index contributed by atoms with van der Waals surface area (Å²) in [6.45, 7) is 12.2. The van der Waals surface area contributed by atoms with Crippen LogP contribution in [0.15, 0.2) is 24.3 Å². The predicted molar refractivity (Wildman–Crippen MR) is 60.7 cm³/mol. The van der Waals surface area contributed by atoms with Gasteiger partial charge >= 0.3 is 0 Å². The second-order valence-corrected chi connectivity index (χ2v) is 3.66. The van der Waals surface area contributed by atoms with Crippen LogP contribution in [-0.4, -0.2) is 6.04 Å². The Kier molecular flexibility index (Phi) is 6.61. The predicted octanol–water partition coefficient (Wildman–Crippen LogP) is 3.42. The lowest BCUT2D eigenvalue weighted by molar-refractivity contribution is 0.648. The first-order chi connectivity index (χ1) is 6.11. The van der Waals surface area contributed by atoms with Gasteiger partial charge in [-0.2, -0.15) is 0 Å². The zero-order valence-electron chi connectivity index (χ0n) is 9.10. The second-order valence-electron chi connectivity index (χ2n) is 3.66.